The van der Waals surface area contributed by atoms with E-state index in [0.717, 1.165) is 25.7 Å². The third-order valence-electron chi connectivity index (χ3n) is 2.29. The topological polar surface area (TPSA) is 46.2 Å². The fourth-order valence-corrected chi connectivity index (χ4v) is 1.43. The monoisotopic (exact) mass is 169 g/mol. The lowest BCUT2D eigenvalue weighted by molar-refractivity contribution is -0.138. The minimum Gasteiger partial charge on any atom is -0.347 e. The van der Waals surface area contributed by atoms with E-state index in [1.165, 1.54) is 0 Å². The predicted molar refractivity (Wildman–Crippen MR) is 45.7 cm³/mol. The molecule has 3 nitrogen and oxygen atoms in total. The molecule has 1 atom stereocenters. The van der Waals surface area contributed by atoms with Crippen molar-refractivity contribution in [1.82, 2.24) is 5.32 Å². The summed E-state index contributed by atoms with van der Waals surface area (Å²) in [5.74, 6) is -0.644. The van der Waals surface area contributed by atoms with Gasteiger partial charge in [-0.2, -0.15) is 0 Å². The van der Waals surface area contributed by atoms with E-state index >= 15 is 0 Å². The SMILES string of the molecule is CCC1CCCCC(=O)C(=O)N1. The molecule has 0 aliphatic carbocycles. The zero-order chi connectivity index (χ0) is 8.97. The van der Waals surface area contributed by atoms with Crippen molar-refractivity contribution in [3.63, 3.8) is 0 Å². The Balaban J connectivity index is 2.52. The second-order valence-electron chi connectivity index (χ2n) is 3.25. The molecule has 12 heavy (non-hydrogen) atoms. The first-order chi connectivity index (χ1) is 5.74. The van der Waals surface area contributed by atoms with Crippen LogP contribution in [-0.2, 0) is 9.59 Å². The molecule has 1 fully saturated rings. The average Bonchev–Trinajstić information content (AvgIpc) is 2.06. The summed E-state index contributed by atoms with van der Waals surface area (Å²) in [4.78, 5) is 22.1. The summed E-state index contributed by atoms with van der Waals surface area (Å²) in [6, 6.07) is 0.210. The van der Waals surface area contributed by atoms with Gasteiger partial charge in [-0.25, -0.2) is 0 Å². The lowest BCUT2D eigenvalue weighted by Crippen LogP contribution is -2.40. The first-order valence-electron chi connectivity index (χ1n) is 4.57. The van der Waals surface area contributed by atoms with Gasteiger partial charge in [-0.15, -0.1) is 0 Å². The molecular weight excluding hydrogens is 154 g/mol. The fraction of sp³-hybridized carbons (Fsp3) is 0.778. The smallest absolute Gasteiger partial charge is 0.287 e. The molecule has 0 radical (unpaired) electrons. The largest absolute Gasteiger partial charge is 0.347 e. The van der Waals surface area contributed by atoms with Gasteiger partial charge in [0.05, 0.1) is 0 Å². The Kier molecular flexibility index (Phi) is 3.26. The van der Waals surface area contributed by atoms with Crippen LogP contribution in [0.15, 0.2) is 0 Å². The van der Waals surface area contributed by atoms with Crippen molar-refractivity contribution >= 4 is 11.7 Å². The van der Waals surface area contributed by atoms with E-state index in [9.17, 15) is 9.59 Å². The molecular formula is C9H15NO2. The van der Waals surface area contributed by atoms with Crippen molar-refractivity contribution in [3.05, 3.63) is 0 Å². The summed E-state index contributed by atoms with van der Waals surface area (Å²) in [6.45, 7) is 2.02. The average molecular weight is 169 g/mol. The van der Waals surface area contributed by atoms with Gasteiger partial charge in [0.25, 0.3) is 5.91 Å². The number of amides is 1. The molecule has 0 saturated carbocycles. The minimum absolute atomic E-state index is 0.210. The Hall–Kier alpha value is -0.860. The molecule has 1 saturated heterocycles. The normalized spacial score (nSPS) is 25.9. The van der Waals surface area contributed by atoms with Crippen LogP contribution in [0.25, 0.3) is 0 Å². The predicted octanol–water partition coefficient (Wildman–Crippen LogP) is 1.02. The Bertz CT molecular complexity index is 189. The number of rotatable bonds is 1. The summed E-state index contributed by atoms with van der Waals surface area (Å²) in [5, 5.41) is 2.73. The van der Waals surface area contributed by atoms with Gasteiger partial charge in [0.15, 0.2) is 0 Å². The molecule has 1 unspecified atom stereocenters. The first kappa shape index (κ1) is 9.23. The maximum Gasteiger partial charge on any atom is 0.287 e. The molecule has 1 rings (SSSR count). The van der Waals surface area contributed by atoms with Crippen LogP contribution in [0.3, 0.4) is 0 Å². The second-order valence-corrected chi connectivity index (χ2v) is 3.25. The van der Waals surface area contributed by atoms with Crippen LogP contribution in [-0.4, -0.2) is 17.7 Å². The zero-order valence-electron chi connectivity index (χ0n) is 7.43. The van der Waals surface area contributed by atoms with E-state index in [4.69, 9.17) is 0 Å². The fourth-order valence-electron chi connectivity index (χ4n) is 1.43. The summed E-state index contributed by atoms with van der Waals surface area (Å²) in [5.41, 5.74) is 0. The molecule has 1 N–H and O–H groups in total. The molecule has 0 spiro atoms. The van der Waals surface area contributed by atoms with Crippen molar-refractivity contribution in [1.29, 1.82) is 0 Å². The van der Waals surface area contributed by atoms with Gasteiger partial charge in [0.2, 0.25) is 5.78 Å². The van der Waals surface area contributed by atoms with Crippen molar-refractivity contribution in [2.45, 2.75) is 45.1 Å². The highest BCUT2D eigenvalue weighted by Gasteiger charge is 2.19. The quantitative estimate of drug-likeness (QED) is 0.596. The molecule has 3 heteroatoms. The lowest BCUT2D eigenvalue weighted by atomic mass is 10.0. The summed E-state index contributed by atoms with van der Waals surface area (Å²) < 4.78 is 0. The van der Waals surface area contributed by atoms with E-state index in [2.05, 4.69) is 5.32 Å². The molecule has 0 aromatic rings. The summed E-state index contributed by atoms with van der Waals surface area (Å²) in [7, 11) is 0. The molecule has 0 aromatic heterocycles. The molecule has 1 heterocycles. The highest BCUT2D eigenvalue weighted by molar-refractivity contribution is 6.36. The maximum atomic E-state index is 11.1. The number of hydrogen-bond donors (Lipinski definition) is 1. The Morgan fingerprint density at radius 2 is 2.17 bits per heavy atom. The van der Waals surface area contributed by atoms with Gasteiger partial charge in [-0.1, -0.05) is 13.3 Å². The molecule has 1 aliphatic heterocycles. The molecule has 0 aromatic carbocycles. The van der Waals surface area contributed by atoms with E-state index in [-0.39, 0.29) is 17.7 Å². The zero-order valence-corrected chi connectivity index (χ0v) is 7.43. The number of ketones is 1. The van der Waals surface area contributed by atoms with Crippen molar-refractivity contribution in [3.8, 4) is 0 Å². The van der Waals surface area contributed by atoms with Crippen LogP contribution in [0, 0.1) is 0 Å². The maximum absolute atomic E-state index is 11.1. The van der Waals surface area contributed by atoms with Crippen molar-refractivity contribution in [2.24, 2.45) is 0 Å². The third kappa shape index (κ3) is 2.32. The second kappa shape index (κ2) is 4.24. The van der Waals surface area contributed by atoms with E-state index < -0.39 is 0 Å². The summed E-state index contributed by atoms with van der Waals surface area (Å²) in [6.07, 6.45) is 4.25. The summed E-state index contributed by atoms with van der Waals surface area (Å²) >= 11 is 0. The first-order valence-corrected chi connectivity index (χ1v) is 4.57. The van der Waals surface area contributed by atoms with E-state index in [1.807, 2.05) is 6.92 Å². The van der Waals surface area contributed by atoms with Gasteiger partial charge in [0, 0.05) is 12.5 Å². The third-order valence-corrected chi connectivity index (χ3v) is 2.29. The van der Waals surface area contributed by atoms with Gasteiger partial charge in [0.1, 0.15) is 0 Å². The van der Waals surface area contributed by atoms with Crippen LogP contribution >= 0.6 is 0 Å². The van der Waals surface area contributed by atoms with Crippen LogP contribution in [0.1, 0.15) is 39.0 Å². The van der Waals surface area contributed by atoms with Gasteiger partial charge >= 0.3 is 0 Å². The van der Waals surface area contributed by atoms with Gasteiger partial charge in [-0.05, 0) is 19.3 Å². The van der Waals surface area contributed by atoms with Crippen LogP contribution in [0.2, 0.25) is 0 Å². The van der Waals surface area contributed by atoms with Gasteiger partial charge in [-0.3, -0.25) is 9.59 Å². The number of Topliss-reactive ketones (excluding diaryl/α,β-unsaturated/α-hetero) is 1. The number of hydrogen-bond acceptors (Lipinski definition) is 2. The lowest BCUT2D eigenvalue weighted by Gasteiger charge is -2.18. The molecule has 68 valence electrons. The van der Waals surface area contributed by atoms with Crippen molar-refractivity contribution < 1.29 is 9.59 Å². The molecule has 1 amide bonds. The number of nitrogens with one attached hydrogen (secondary N) is 1. The number of carbonyl (C=O) groups is 2. The highest BCUT2D eigenvalue weighted by Crippen LogP contribution is 2.10. The minimum atomic E-state index is -0.387. The standard InChI is InChI=1S/C9H15NO2/c1-2-7-5-3-4-6-8(11)9(12)10-7/h7H,2-6H2,1H3,(H,10,12). The van der Waals surface area contributed by atoms with Crippen molar-refractivity contribution in [2.75, 3.05) is 0 Å². The number of carbonyl (C=O) groups excluding carboxylic acids is 2. The highest BCUT2D eigenvalue weighted by atomic mass is 16.2. The van der Waals surface area contributed by atoms with Gasteiger partial charge < -0.3 is 5.32 Å². The van der Waals surface area contributed by atoms with Crippen LogP contribution < -0.4 is 5.32 Å². The molecule has 0 bridgehead atoms. The Morgan fingerprint density at radius 3 is 2.83 bits per heavy atom. The molecule has 1 aliphatic rings. The Morgan fingerprint density at radius 1 is 1.42 bits per heavy atom. The van der Waals surface area contributed by atoms with Crippen LogP contribution in [0.5, 0.6) is 0 Å². The van der Waals surface area contributed by atoms with E-state index in [1.54, 1.807) is 0 Å². The Labute approximate surface area is 72.5 Å². The van der Waals surface area contributed by atoms with E-state index in [0.29, 0.717) is 6.42 Å². The van der Waals surface area contributed by atoms with Crippen LogP contribution in [0.4, 0.5) is 0 Å².